The van der Waals surface area contributed by atoms with Crippen molar-refractivity contribution in [1.82, 2.24) is 4.90 Å². The first-order valence-electron chi connectivity index (χ1n) is 5.47. The molecule has 0 saturated heterocycles. The fourth-order valence-corrected chi connectivity index (χ4v) is 1.27. The molecule has 0 radical (unpaired) electrons. The van der Waals surface area contributed by atoms with E-state index in [9.17, 15) is 18.0 Å². The van der Waals surface area contributed by atoms with Gasteiger partial charge in [0.25, 0.3) is 0 Å². The summed E-state index contributed by atoms with van der Waals surface area (Å²) in [6.45, 7) is -0.900. The summed E-state index contributed by atoms with van der Waals surface area (Å²) in [7, 11) is 1.13. The van der Waals surface area contributed by atoms with Gasteiger partial charge in [0.15, 0.2) is 6.10 Å². The molecule has 0 aliphatic carbocycles. The smallest absolute Gasteiger partial charge is 0.416 e. The second-order valence-corrected chi connectivity index (χ2v) is 3.98. The van der Waals surface area contributed by atoms with Crippen molar-refractivity contribution >= 4 is 6.09 Å². The molecule has 4 nitrogen and oxygen atoms in total. The van der Waals surface area contributed by atoms with Crippen molar-refractivity contribution in [3.05, 3.63) is 35.9 Å². The number of aliphatic hydroxyl groups excluding tert-OH is 1. The number of aliphatic hydroxyl groups is 1. The van der Waals surface area contributed by atoms with Crippen molar-refractivity contribution in [1.29, 1.82) is 0 Å². The molecule has 1 rings (SSSR count). The SMILES string of the molecule is CN(C[C@H](O)C(F)(F)F)C(=O)OCc1ccccc1. The fraction of sp³-hybridized carbons (Fsp3) is 0.417. The number of amides is 1. The number of rotatable bonds is 4. The van der Waals surface area contributed by atoms with E-state index in [0.29, 0.717) is 4.90 Å². The van der Waals surface area contributed by atoms with Crippen LogP contribution < -0.4 is 0 Å². The number of alkyl halides is 3. The number of hydrogen-bond acceptors (Lipinski definition) is 3. The third-order valence-electron chi connectivity index (χ3n) is 2.34. The van der Waals surface area contributed by atoms with E-state index in [1.165, 1.54) is 0 Å². The summed E-state index contributed by atoms with van der Waals surface area (Å²) < 4.78 is 41.1. The van der Waals surface area contributed by atoms with Gasteiger partial charge in [-0.15, -0.1) is 0 Å². The van der Waals surface area contributed by atoms with Crippen LogP contribution in [0.25, 0.3) is 0 Å². The molecule has 0 aliphatic rings. The minimum Gasteiger partial charge on any atom is -0.445 e. The number of likely N-dealkylation sites (N-methyl/N-ethyl adjacent to an activating group) is 1. The molecule has 1 aromatic rings. The number of halogens is 3. The van der Waals surface area contributed by atoms with Gasteiger partial charge in [-0.05, 0) is 5.56 Å². The zero-order valence-electron chi connectivity index (χ0n) is 10.2. The molecule has 106 valence electrons. The van der Waals surface area contributed by atoms with Crippen LogP contribution >= 0.6 is 0 Å². The molecule has 0 aromatic heterocycles. The van der Waals surface area contributed by atoms with Gasteiger partial charge in [0, 0.05) is 7.05 Å². The predicted molar refractivity (Wildman–Crippen MR) is 61.3 cm³/mol. The lowest BCUT2D eigenvalue weighted by molar-refractivity contribution is -0.206. The Morgan fingerprint density at radius 1 is 1.37 bits per heavy atom. The first-order valence-corrected chi connectivity index (χ1v) is 5.47. The van der Waals surface area contributed by atoms with E-state index < -0.39 is 24.9 Å². The van der Waals surface area contributed by atoms with Crippen LogP contribution in [0.2, 0.25) is 0 Å². The number of carbonyl (C=O) groups is 1. The van der Waals surface area contributed by atoms with E-state index >= 15 is 0 Å². The highest BCUT2D eigenvalue weighted by Gasteiger charge is 2.39. The van der Waals surface area contributed by atoms with Gasteiger partial charge >= 0.3 is 12.3 Å². The number of nitrogens with zero attached hydrogens (tertiary/aromatic N) is 1. The van der Waals surface area contributed by atoms with Gasteiger partial charge in [0.2, 0.25) is 0 Å². The first kappa shape index (κ1) is 15.3. The summed E-state index contributed by atoms with van der Waals surface area (Å²) in [5.74, 6) is 0. The molecular weight excluding hydrogens is 263 g/mol. The first-order chi connectivity index (χ1) is 8.80. The van der Waals surface area contributed by atoms with Crippen LogP contribution in [0.15, 0.2) is 30.3 Å². The Bertz CT molecular complexity index is 408. The molecule has 0 bridgehead atoms. The van der Waals surface area contributed by atoms with Gasteiger partial charge in [0.05, 0.1) is 6.54 Å². The number of benzene rings is 1. The molecule has 0 fully saturated rings. The van der Waals surface area contributed by atoms with Gasteiger partial charge < -0.3 is 14.7 Å². The van der Waals surface area contributed by atoms with Gasteiger partial charge in [-0.1, -0.05) is 30.3 Å². The van der Waals surface area contributed by atoms with Crippen molar-refractivity contribution in [3.63, 3.8) is 0 Å². The average Bonchev–Trinajstić information content (AvgIpc) is 2.35. The Morgan fingerprint density at radius 3 is 2.47 bits per heavy atom. The lowest BCUT2D eigenvalue weighted by Gasteiger charge is -2.21. The monoisotopic (exact) mass is 277 g/mol. The van der Waals surface area contributed by atoms with Crippen LogP contribution in [0.1, 0.15) is 5.56 Å². The minimum atomic E-state index is -4.76. The fourth-order valence-electron chi connectivity index (χ4n) is 1.27. The Morgan fingerprint density at radius 2 is 1.95 bits per heavy atom. The maximum atomic E-state index is 12.1. The number of carbonyl (C=O) groups excluding carboxylic acids is 1. The van der Waals surface area contributed by atoms with Crippen LogP contribution in [0.3, 0.4) is 0 Å². The lowest BCUT2D eigenvalue weighted by atomic mass is 10.2. The number of hydrogen-bond donors (Lipinski definition) is 1. The highest BCUT2D eigenvalue weighted by atomic mass is 19.4. The van der Waals surface area contributed by atoms with Crippen molar-refractivity contribution in [2.45, 2.75) is 18.9 Å². The van der Waals surface area contributed by atoms with E-state index in [4.69, 9.17) is 9.84 Å². The van der Waals surface area contributed by atoms with Gasteiger partial charge in [-0.25, -0.2) is 4.79 Å². The van der Waals surface area contributed by atoms with Crippen molar-refractivity contribution < 1.29 is 27.8 Å². The summed E-state index contributed by atoms with van der Waals surface area (Å²) in [6.07, 6.45) is -8.26. The van der Waals surface area contributed by atoms with E-state index in [1.54, 1.807) is 30.3 Å². The molecule has 0 saturated carbocycles. The van der Waals surface area contributed by atoms with Crippen molar-refractivity contribution in [2.75, 3.05) is 13.6 Å². The molecule has 19 heavy (non-hydrogen) atoms. The third kappa shape index (κ3) is 5.17. The maximum Gasteiger partial charge on any atom is 0.416 e. The summed E-state index contributed by atoms with van der Waals surface area (Å²) >= 11 is 0. The second-order valence-electron chi connectivity index (χ2n) is 3.98. The largest absolute Gasteiger partial charge is 0.445 e. The molecule has 1 atom stereocenters. The highest BCUT2D eigenvalue weighted by molar-refractivity contribution is 5.67. The van der Waals surface area contributed by atoms with Crippen LogP contribution in [-0.4, -0.2) is 42.0 Å². The normalized spacial score (nSPS) is 12.9. The molecule has 0 spiro atoms. The topological polar surface area (TPSA) is 49.8 Å². The van der Waals surface area contributed by atoms with Crippen molar-refractivity contribution in [2.24, 2.45) is 0 Å². The molecular formula is C12H14F3NO3. The predicted octanol–water partition coefficient (Wildman–Crippen LogP) is 2.18. The zero-order valence-corrected chi connectivity index (χ0v) is 10.2. The highest BCUT2D eigenvalue weighted by Crippen LogP contribution is 2.20. The van der Waals surface area contributed by atoms with Gasteiger partial charge in [-0.3, -0.25) is 0 Å². The van der Waals surface area contributed by atoms with Crippen LogP contribution in [0.5, 0.6) is 0 Å². The van der Waals surface area contributed by atoms with Gasteiger partial charge in [-0.2, -0.15) is 13.2 Å². The standard InChI is InChI=1S/C12H14F3NO3/c1-16(7-10(17)12(13,14)15)11(18)19-8-9-5-3-2-4-6-9/h2-6,10,17H,7-8H2,1H3/t10-/m0/s1. The van der Waals surface area contributed by atoms with Crippen LogP contribution in [0.4, 0.5) is 18.0 Å². The molecule has 7 heteroatoms. The molecule has 0 aliphatic heterocycles. The van der Waals surface area contributed by atoms with Crippen LogP contribution in [0, 0.1) is 0 Å². The zero-order chi connectivity index (χ0) is 14.5. The summed E-state index contributed by atoms with van der Waals surface area (Å²) in [4.78, 5) is 12.1. The van der Waals surface area contributed by atoms with E-state index in [-0.39, 0.29) is 6.61 Å². The molecule has 1 amide bonds. The Labute approximate surface area is 108 Å². The summed E-state index contributed by atoms with van der Waals surface area (Å²) in [5, 5.41) is 8.82. The maximum absolute atomic E-state index is 12.1. The Hall–Kier alpha value is -1.76. The van der Waals surface area contributed by atoms with Gasteiger partial charge in [0.1, 0.15) is 6.61 Å². The molecule has 0 unspecified atom stereocenters. The molecule has 1 N–H and O–H groups in total. The van der Waals surface area contributed by atoms with Crippen LogP contribution in [-0.2, 0) is 11.3 Å². The minimum absolute atomic E-state index is 0.0356. The molecule has 0 heterocycles. The second kappa shape index (κ2) is 6.42. The van der Waals surface area contributed by atoms with E-state index in [1.807, 2.05) is 0 Å². The quantitative estimate of drug-likeness (QED) is 0.917. The molecule has 1 aromatic carbocycles. The lowest BCUT2D eigenvalue weighted by Crippen LogP contribution is -2.41. The average molecular weight is 277 g/mol. The third-order valence-corrected chi connectivity index (χ3v) is 2.34. The number of ether oxygens (including phenoxy) is 1. The Kier molecular flexibility index (Phi) is 5.17. The summed E-state index contributed by atoms with van der Waals surface area (Å²) in [6, 6.07) is 8.73. The summed E-state index contributed by atoms with van der Waals surface area (Å²) in [5.41, 5.74) is 0.723. The van der Waals surface area contributed by atoms with Crippen molar-refractivity contribution in [3.8, 4) is 0 Å². The van der Waals surface area contributed by atoms with E-state index in [2.05, 4.69) is 0 Å². The van der Waals surface area contributed by atoms with E-state index in [0.717, 1.165) is 12.6 Å². The Balaban J connectivity index is 2.41.